The van der Waals surface area contributed by atoms with E-state index in [1.807, 2.05) is 48.5 Å². The van der Waals surface area contributed by atoms with Gasteiger partial charge in [0.1, 0.15) is 6.61 Å². The highest BCUT2D eigenvalue weighted by Gasteiger charge is 2.29. The number of amides is 2. The highest BCUT2D eigenvalue weighted by atomic mass is 16.6. The minimum Gasteiger partial charge on any atom is -0.464 e. The van der Waals surface area contributed by atoms with Crippen LogP contribution < -0.4 is 5.43 Å². The Kier molecular flexibility index (Phi) is 3.89. The van der Waals surface area contributed by atoms with E-state index >= 15 is 0 Å². The normalized spacial score (nSPS) is 12.2. The van der Waals surface area contributed by atoms with Gasteiger partial charge in [-0.1, -0.05) is 48.5 Å². The number of benzene rings is 2. The molecule has 0 saturated carbocycles. The second-order valence-electron chi connectivity index (χ2n) is 5.28. The van der Waals surface area contributed by atoms with Crippen LogP contribution in [0.1, 0.15) is 17.0 Å². The average molecular weight is 312 g/mol. The summed E-state index contributed by atoms with van der Waals surface area (Å²) in [4.78, 5) is 22.4. The second kappa shape index (κ2) is 6.00. The maximum Gasteiger partial charge on any atom is 0.426 e. The van der Waals surface area contributed by atoms with Crippen LogP contribution in [0.25, 0.3) is 11.1 Å². The smallest absolute Gasteiger partial charge is 0.426 e. The summed E-state index contributed by atoms with van der Waals surface area (Å²) < 4.78 is 5.21. The SMILES string of the molecule is CN(NC(=O)OCC1c2ccccc2-c2ccccc21)C(=O)O. The van der Waals surface area contributed by atoms with Gasteiger partial charge in [-0.05, 0) is 22.3 Å². The standard InChI is InChI=1S/C17H16N2O4/c1-19(17(21)22)18-16(20)23-10-15-13-8-4-2-6-11(13)12-7-3-5-9-14(12)15/h2-9,15H,10H2,1H3,(H,18,20)(H,21,22). The summed E-state index contributed by atoms with van der Waals surface area (Å²) in [6, 6.07) is 16.0. The topological polar surface area (TPSA) is 78.9 Å². The number of hydrazine groups is 1. The van der Waals surface area contributed by atoms with E-state index < -0.39 is 12.2 Å². The van der Waals surface area contributed by atoms with Crippen molar-refractivity contribution in [1.29, 1.82) is 0 Å². The van der Waals surface area contributed by atoms with E-state index in [9.17, 15) is 9.59 Å². The van der Waals surface area contributed by atoms with E-state index in [0.717, 1.165) is 22.3 Å². The highest BCUT2D eigenvalue weighted by Crippen LogP contribution is 2.44. The van der Waals surface area contributed by atoms with Crippen LogP contribution in [-0.4, -0.2) is 36.0 Å². The zero-order valence-electron chi connectivity index (χ0n) is 12.5. The molecule has 0 heterocycles. The monoisotopic (exact) mass is 312 g/mol. The number of hydrogen-bond acceptors (Lipinski definition) is 3. The van der Waals surface area contributed by atoms with Gasteiger partial charge >= 0.3 is 12.2 Å². The number of carbonyl (C=O) groups excluding carboxylic acids is 1. The molecule has 0 saturated heterocycles. The molecule has 2 aromatic carbocycles. The third-order valence-corrected chi connectivity index (χ3v) is 3.89. The number of hydrogen-bond donors (Lipinski definition) is 2. The molecule has 1 aliphatic carbocycles. The molecule has 0 bridgehead atoms. The van der Waals surface area contributed by atoms with Crippen molar-refractivity contribution in [3.05, 3.63) is 59.7 Å². The van der Waals surface area contributed by atoms with Crippen LogP contribution in [0.2, 0.25) is 0 Å². The Balaban J connectivity index is 1.76. The third kappa shape index (κ3) is 2.83. The quantitative estimate of drug-likeness (QED) is 0.835. The molecule has 0 aromatic heterocycles. The highest BCUT2D eigenvalue weighted by molar-refractivity contribution is 5.79. The maximum atomic E-state index is 11.7. The lowest BCUT2D eigenvalue weighted by molar-refractivity contribution is 0.101. The first-order valence-electron chi connectivity index (χ1n) is 7.16. The lowest BCUT2D eigenvalue weighted by Crippen LogP contribution is -2.43. The van der Waals surface area contributed by atoms with Crippen LogP contribution in [0.3, 0.4) is 0 Å². The molecule has 2 amide bonds. The van der Waals surface area contributed by atoms with Crippen LogP contribution in [0.4, 0.5) is 9.59 Å². The van der Waals surface area contributed by atoms with Gasteiger partial charge in [0.2, 0.25) is 0 Å². The molecule has 0 unspecified atom stereocenters. The molecule has 0 radical (unpaired) electrons. The number of ether oxygens (including phenoxy) is 1. The van der Waals surface area contributed by atoms with E-state index in [2.05, 4.69) is 5.43 Å². The third-order valence-electron chi connectivity index (χ3n) is 3.89. The molecule has 2 N–H and O–H groups in total. The Labute approximate surface area is 133 Å². The molecule has 1 aliphatic rings. The lowest BCUT2D eigenvalue weighted by Gasteiger charge is -2.17. The molecule has 0 atom stereocenters. The van der Waals surface area contributed by atoms with E-state index in [0.29, 0.717) is 5.01 Å². The summed E-state index contributed by atoms with van der Waals surface area (Å²) in [6.45, 7) is 0.146. The van der Waals surface area contributed by atoms with E-state index in [4.69, 9.17) is 9.84 Å². The minimum atomic E-state index is -1.27. The fourth-order valence-electron chi connectivity index (χ4n) is 2.82. The van der Waals surface area contributed by atoms with Gasteiger partial charge in [0.05, 0.1) is 0 Å². The fraction of sp³-hybridized carbons (Fsp3) is 0.176. The summed E-state index contributed by atoms with van der Waals surface area (Å²) in [5.41, 5.74) is 6.61. The fourth-order valence-corrected chi connectivity index (χ4v) is 2.82. The molecule has 0 fully saturated rings. The zero-order chi connectivity index (χ0) is 16.4. The van der Waals surface area contributed by atoms with Crippen molar-refractivity contribution >= 4 is 12.2 Å². The Morgan fingerprint density at radius 3 is 2.13 bits per heavy atom. The summed E-state index contributed by atoms with van der Waals surface area (Å²) in [7, 11) is 1.23. The van der Waals surface area contributed by atoms with Crippen molar-refractivity contribution in [1.82, 2.24) is 10.4 Å². The van der Waals surface area contributed by atoms with Crippen LogP contribution in [0.5, 0.6) is 0 Å². The van der Waals surface area contributed by atoms with E-state index in [1.54, 1.807) is 0 Å². The first-order valence-corrected chi connectivity index (χ1v) is 7.16. The average Bonchev–Trinajstić information content (AvgIpc) is 2.87. The molecule has 118 valence electrons. The van der Waals surface area contributed by atoms with Crippen molar-refractivity contribution in [2.75, 3.05) is 13.7 Å². The first kappa shape index (κ1) is 14.9. The number of carboxylic acid groups (broad SMARTS) is 1. The largest absolute Gasteiger partial charge is 0.464 e. The van der Waals surface area contributed by atoms with Crippen LogP contribution in [0.15, 0.2) is 48.5 Å². The summed E-state index contributed by atoms with van der Waals surface area (Å²) in [5, 5.41) is 9.38. The minimum absolute atomic E-state index is 0.0525. The molecule has 0 aliphatic heterocycles. The predicted molar refractivity (Wildman–Crippen MR) is 84.0 cm³/mol. The van der Waals surface area contributed by atoms with Crippen molar-refractivity contribution in [3.63, 3.8) is 0 Å². The van der Waals surface area contributed by atoms with Gasteiger partial charge < -0.3 is 9.84 Å². The Hall–Kier alpha value is -3.02. The lowest BCUT2D eigenvalue weighted by atomic mass is 9.98. The Morgan fingerprint density at radius 1 is 1.09 bits per heavy atom. The van der Waals surface area contributed by atoms with Crippen LogP contribution in [0, 0.1) is 0 Å². The van der Waals surface area contributed by atoms with Gasteiger partial charge in [-0.2, -0.15) is 0 Å². The van der Waals surface area contributed by atoms with Gasteiger partial charge in [-0.25, -0.2) is 20.0 Å². The number of rotatable bonds is 2. The molecule has 3 rings (SSSR count). The molecule has 6 nitrogen and oxygen atoms in total. The summed E-state index contributed by atoms with van der Waals surface area (Å²) in [5.74, 6) is -0.0525. The molecular weight excluding hydrogens is 296 g/mol. The van der Waals surface area contributed by atoms with Crippen LogP contribution >= 0.6 is 0 Å². The zero-order valence-corrected chi connectivity index (χ0v) is 12.5. The van der Waals surface area contributed by atoms with Crippen molar-refractivity contribution in [3.8, 4) is 11.1 Å². The van der Waals surface area contributed by atoms with Gasteiger partial charge in [0.25, 0.3) is 0 Å². The first-order chi connectivity index (χ1) is 11.1. The summed E-state index contributed by atoms with van der Waals surface area (Å²) in [6.07, 6.45) is -2.06. The number of nitrogens with one attached hydrogen (secondary N) is 1. The Morgan fingerprint density at radius 2 is 1.61 bits per heavy atom. The van der Waals surface area contributed by atoms with Crippen molar-refractivity contribution in [2.24, 2.45) is 0 Å². The van der Waals surface area contributed by atoms with Gasteiger partial charge in [0, 0.05) is 13.0 Å². The van der Waals surface area contributed by atoms with Crippen molar-refractivity contribution in [2.45, 2.75) is 5.92 Å². The molecule has 6 heteroatoms. The van der Waals surface area contributed by atoms with Gasteiger partial charge in [0.15, 0.2) is 0 Å². The van der Waals surface area contributed by atoms with E-state index in [-0.39, 0.29) is 12.5 Å². The van der Waals surface area contributed by atoms with Gasteiger partial charge in [-0.15, -0.1) is 0 Å². The van der Waals surface area contributed by atoms with E-state index in [1.165, 1.54) is 7.05 Å². The Bertz CT molecular complexity index is 714. The number of fused-ring (bicyclic) bond motifs is 3. The second-order valence-corrected chi connectivity index (χ2v) is 5.28. The molecular formula is C17H16N2O4. The molecule has 23 heavy (non-hydrogen) atoms. The maximum absolute atomic E-state index is 11.7. The molecule has 2 aromatic rings. The molecule has 0 spiro atoms. The number of carbonyl (C=O) groups is 2. The summed E-state index contributed by atoms with van der Waals surface area (Å²) >= 11 is 0. The predicted octanol–water partition coefficient (Wildman–Crippen LogP) is 3.05. The van der Waals surface area contributed by atoms with Gasteiger partial charge in [-0.3, -0.25) is 0 Å². The van der Waals surface area contributed by atoms with Crippen molar-refractivity contribution < 1.29 is 19.4 Å². The number of nitrogens with zero attached hydrogens (tertiary/aromatic N) is 1. The van der Waals surface area contributed by atoms with Crippen LogP contribution in [-0.2, 0) is 4.74 Å².